The highest BCUT2D eigenvalue weighted by Crippen LogP contribution is 2.36. The SMILES string of the molecule is Nc1cc(=O)[nH]c(SCC2Nc3ccccc3N2Cc2ccccc2)n1. The second kappa shape index (κ2) is 7.13. The molecule has 1 aliphatic rings. The minimum atomic E-state index is -0.233. The Labute approximate surface area is 155 Å². The van der Waals surface area contributed by atoms with Gasteiger partial charge in [-0.2, -0.15) is 0 Å². The van der Waals surface area contributed by atoms with E-state index >= 15 is 0 Å². The Morgan fingerprint density at radius 3 is 2.69 bits per heavy atom. The van der Waals surface area contributed by atoms with Crippen LogP contribution in [0.4, 0.5) is 17.2 Å². The van der Waals surface area contributed by atoms with Gasteiger partial charge in [0, 0.05) is 18.4 Å². The maximum absolute atomic E-state index is 11.6. The third-order valence-corrected chi connectivity index (χ3v) is 5.17. The van der Waals surface area contributed by atoms with Crippen molar-refractivity contribution in [1.82, 2.24) is 9.97 Å². The molecule has 2 heterocycles. The van der Waals surface area contributed by atoms with Gasteiger partial charge in [0.1, 0.15) is 12.0 Å². The number of aromatic nitrogens is 2. The first-order valence-corrected chi connectivity index (χ1v) is 9.33. The molecular formula is C19H19N5OS. The van der Waals surface area contributed by atoms with E-state index in [1.165, 1.54) is 29.1 Å². The summed E-state index contributed by atoms with van der Waals surface area (Å²) in [5.41, 5.74) is 8.98. The summed E-state index contributed by atoms with van der Waals surface area (Å²) in [6, 6.07) is 19.9. The molecule has 1 unspecified atom stereocenters. The van der Waals surface area contributed by atoms with Crippen molar-refractivity contribution >= 4 is 29.0 Å². The Morgan fingerprint density at radius 1 is 1.12 bits per heavy atom. The number of nitrogens with one attached hydrogen (secondary N) is 2. The molecule has 0 saturated heterocycles. The molecule has 0 aliphatic carbocycles. The minimum Gasteiger partial charge on any atom is -0.383 e. The Morgan fingerprint density at radius 2 is 1.88 bits per heavy atom. The number of rotatable bonds is 5. The summed E-state index contributed by atoms with van der Waals surface area (Å²) in [5, 5.41) is 4.09. The summed E-state index contributed by atoms with van der Waals surface area (Å²) in [4.78, 5) is 20.8. The quantitative estimate of drug-likeness (QED) is 0.476. The smallest absolute Gasteiger partial charge is 0.253 e. The lowest BCUT2D eigenvalue weighted by Gasteiger charge is -2.26. The van der Waals surface area contributed by atoms with Gasteiger partial charge in [-0.05, 0) is 17.7 Å². The number of para-hydroxylation sites is 2. The molecule has 1 aliphatic heterocycles. The van der Waals surface area contributed by atoms with Crippen LogP contribution in [0.3, 0.4) is 0 Å². The summed E-state index contributed by atoms with van der Waals surface area (Å²) < 4.78 is 0. The minimum absolute atomic E-state index is 0.0874. The van der Waals surface area contributed by atoms with Crippen LogP contribution in [0, 0.1) is 0 Å². The molecule has 3 aromatic rings. The lowest BCUT2D eigenvalue weighted by atomic mass is 10.2. The zero-order valence-electron chi connectivity index (χ0n) is 14.1. The highest BCUT2D eigenvalue weighted by Gasteiger charge is 2.28. The molecule has 0 amide bonds. The van der Waals surface area contributed by atoms with E-state index < -0.39 is 0 Å². The number of H-pyrrole nitrogens is 1. The van der Waals surface area contributed by atoms with E-state index in [1.54, 1.807) is 0 Å². The Kier molecular flexibility index (Phi) is 4.53. The summed E-state index contributed by atoms with van der Waals surface area (Å²) in [7, 11) is 0. The molecule has 0 radical (unpaired) electrons. The van der Waals surface area contributed by atoms with E-state index in [9.17, 15) is 4.79 Å². The molecule has 4 rings (SSSR count). The topological polar surface area (TPSA) is 87.0 Å². The van der Waals surface area contributed by atoms with Gasteiger partial charge < -0.3 is 20.9 Å². The standard InChI is InChI=1S/C19H19N5OS/c20-16-10-18(25)23-19(22-16)26-12-17-21-14-8-4-5-9-15(14)24(17)11-13-6-2-1-3-7-13/h1-10,17,21H,11-12H2,(H3,20,22,23,25). The van der Waals surface area contributed by atoms with Crippen molar-refractivity contribution in [2.75, 3.05) is 21.7 Å². The van der Waals surface area contributed by atoms with Crippen molar-refractivity contribution in [3.63, 3.8) is 0 Å². The van der Waals surface area contributed by atoms with Gasteiger partial charge in [0.2, 0.25) is 0 Å². The molecule has 0 saturated carbocycles. The first kappa shape index (κ1) is 16.5. The van der Waals surface area contributed by atoms with E-state index in [2.05, 4.69) is 56.6 Å². The fraction of sp³-hybridized carbons (Fsp3) is 0.158. The van der Waals surface area contributed by atoms with Crippen molar-refractivity contribution in [3.8, 4) is 0 Å². The molecular weight excluding hydrogens is 346 g/mol. The molecule has 26 heavy (non-hydrogen) atoms. The number of benzene rings is 2. The van der Waals surface area contributed by atoms with Crippen LogP contribution in [-0.4, -0.2) is 21.9 Å². The number of aromatic amines is 1. The van der Waals surface area contributed by atoms with Crippen LogP contribution in [-0.2, 0) is 6.54 Å². The molecule has 132 valence electrons. The summed E-state index contributed by atoms with van der Waals surface area (Å²) in [6.45, 7) is 0.803. The lowest BCUT2D eigenvalue weighted by Crippen LogP contribution is -2.37. The Hall–Kier alpha value is -2.93. The van der Waals surface area contributed by atoms with Crippen LogP contribution in [0.2, 0.25) is 0 Å². The van der Waals surface area contributed by atoms with Gasteiger partial charge in [0.05, 0.1) is 11.4 Å². The highest BCUT2D eigenvalue weighted by atomic mass is 32.2. The zero-order chi connectivity index (χ0) is 17.9. The first-order chi connectivity index (χ1) is 12.7. The lowest BCUT2D eigenvalue weighted by molar-refractivity contribution is 0.731. The number of hydrogen-bond acceptors (Lipinski definition) is 6. The summed E-state index contributed by atoms with van der Waals surface area (Å²) >= 11 is 1.48. The van der Waals surface area contributed by atoms with Gasteiger partial charge in [0.15, 0.2) is 5.16 Å². The van der Waals surface area contributed by atoms with Crippen molar-refractivity contribution in [1.29, 1.82) is 0 Å². The van der Waals surface area contributed by atoms with E-state index in [1.807, 2.05) is 18.2 Å². The van der Waals surface area contributed by atoms with Crippen molar-refractivity contribution in [2.45, 2.75) is 17.9 Å². The average Bonchev–Trinajstić information content (AvgIpc) is 2.98. The molecule has 0 fully saturated rings. The number of nitrogen functional groups attached to an aromatic ring is 1. The van der Waals surface area contributed by atoms with Gasteiger partial charge in [-0.25, -0.2) is 4.98 Å². The predicted molar refractivity (Wildman–Crippen MR) is 106 cm³/mol. The van der Waals surface area contributed by atoms with Crippen LogP contribution in [0.25, 0.3) is 0 Å². The van der Waals surface area contributed by atoms with Gasteiger partial charge in [-0.15, -0.1) is 0 Å². The van der Waals surface area contributed by atoms with Crippen LogP contribution >= 0.6 is 11.8 Å². The summed E-state index contributed by atoms with van der Waals surface area (Å²) in [6.07, 6.45) is 0.0874. The van der Waals surface area contributed by atoms with Crippen molar-refractivity contribution in [2.24, 2.45) is 0 Å². The van der Waals surface area contributed by atoms with Crippen molar-refractivity contribution < 1.29 is 0 Å². The number of hydrogen-bond donors (Lipinski definition) is 3. The van der Waals surface area contributed by atoms with E-state index in [0.29, 0.717) is 10.9 Å². The van der Waals surface area contributed by atoms with Gasteiger partial charge >= 0.3 is 0 Å². The van der Waals surface area contributed by atoms with Crippen LogP contribution in [0.1, 0.15) is 5.56 Å². The normalized spacial score (nSPS) is 15.5. The molecule has 6 nitrogen and oxygen atoms in total. The zero-order valence-corrected chi connectivity index (χ0v) is 14.9. The predicted octanol–water partition coefficient (Wildman–Crippen LogP) is 2.90. The number of thioether (sulfide) groups is 1. The highest BCUT2D eigenvalue weighted by molar-refractivity contribution is 7.99. The Balaban J connectivity index is 1.55. The number of nitrogens with zero attached hydrogens (tertiary/aromatic N) is 2. The second-order valence-corrected chi connectivity index (χ2v) is 7.09. The van der Waals surface area contributed by atoms with Crippen molar-refractivity contribution in [3.05, 3.63) is 76.6 Å². The monoisotopic (exact) mass is 365 g/mol. The molecule has 7 heteroatoms. The molecule has 2 aromatic carbocycles. The van der Waals surface area contributed by atoms with E-state index in [4.69, 9.17) is 5.73 Å². The molecule has 0 bridgehead atoms. The van der Waals surface area contributed by atoms with Gasteiger partial charge in [0.25, 0.3) is 5.56 Å². The largest absolute Gasteiger partial charge is 0.383 e. The molecule has 1 atom stereocenters. The molecule has 0 spiro atoms. The first-order valence-electron chi connectivity index (χ1n) is 8.35. The third-order valence-electron chi connectivity index (χ3n) is 4.23. The Bertz CT molecular complexity index is 959. The fourth-order valence-electron chi connectivity index (χ4n) is 3.06. The average molecular weight is 365 g/mol. The van der Waals surface area contributed by atoms with Gasteiger partial charge in [-0.3, -0.25) is 4.79 Å². The van der Waals surface area contributed by atoms with Crippen LogP contribution in [0.15, 0.2) is 70.6 Å². The third kappa shape index (κ3) is 3.52. The number of anilines is 3. The fourth-order valence-corrected chi connectivity index (χ4v) is 3.98. The van der Waals surface area contributed by atoms with Crippen LogP contribution < -0.4 is 21.5 Å². The number of nitrogens with two attached hydrogens (primary N) is 1. The van der Waals surface area contributed by atoms with E-state index in [-0.39, 0.29) is 17.5 Å². The van der Waals surface area contributed by atoms with Gasteiger partial charge in [-0.1, -0.05) is 54.2 Å². The van der Waals surface area contributed by atoms with Crippen LogP contribution in [0.5, 0.6) is 0 Å². The second-order valence-electron chi connectivity index (χ2n) is 6.08. The maximum Gasteiger partial charge on any atom is 0.253 e. The maximum atomic E-state index is 11.6. The molecule has 4 N–H and O–H groups in total. The van der Waals surface area contributed by atoms with E-state index in [0.717, 1.165) is 12.2 Å². The molecule has 1 aromatic heterocycles. The number of fused-ring (bicyclic) bond motifs is 1. The summed E-state index contributed by atoms with van der Waals surface area (Å²) in [5.74, 6) is 0.952.